The molecule has 0 aliphatic heterocycles. The highest BCUT2D eigenvalue weighted by Crippen LogP contribution is 2.34. The highest BCUT2D eigenvalue weighted by Gasteiger charge is 2.19. The lowest BCUT2D eigenvalue weighted by Gasteiger charge is -2.05. The van der Waals surface area contributed by atoms with E-state index in [1.54, 1.807) is 12.1 Å². The molecule has 5 aromatic rings. The van der Waals surface area contributed by atoms with E-state index >= 15 is 0 Å². The zero-order valence-electron chi connectivity index (χ0n) is 15.9. The first kappa shape index (κ1) is 18.5. The summed E-state index contributed by atoms with van der Waals surface area (Å²) in [6.07, 6.45) is 0. The fourth-order valence-electron chi connectivity index (χ4n) is 3.58. The molecule has 0 amide bonds. The molecule has 2 aromatic heterocycles. The van der Waals surface area contributed by atoms with Crippen molar-refractivity contribution in [1.29, 1.82) is 0 Å². The third-order valence-corrected chi connectivity index (χ3v) is 5.06. The van der Waals surface area contributed by atoms with Crippen molar-refractivity contribution in [3.63, 3.8) is 0 Å². The molecule has 7 nitrogen and oxygen atoms in total. The topological polar surface area (TPSA) is 104 Å². The van der Waals surface area contributed by atoms with Gasteiger partial charge in [-0.2, -0.15) is 0 Å². The molecule has 0 fully saturated rings. The van der Waals surface area contributed by atoms with Crippen molar-refractivity contribution < 1.29 is 18.6 Å². The number of fused-ring (bicyclic) bond motifs is 3. The van der Waals surface area contributed by atoms with Crippen LogP contribution in [0.15, 0.2) is 92.5 Å². The second-order valence-corrected chi connectivity index (χ2v) is 6.94. The molecule has 150 valence electrons. The number of non-ortho nitro benzene ring substituents is 1. The van der Waals surface area contributed by atoms with Crippen LogP contribution in [0.3, 0.4) is 0 Å². The van der Waals surface area contributed by atoms with Gasteiger partial charge in [-0.15, -0.1) is 0 Å². The first-order valence-corrected chi connectivity index (χ1v) is 9.36. The van der Waals surface area contributed by atoms with Crippen molar-refractivity contribution in [2.75, 3.05) is 0 Å². The third-order valence-electron chi connectivity index (χ3n) is 5.06. The first-order chi connectivity index (χ1) is 15.0. The van der Waals surface area contributed by atoms with Gasteiger partial charge in [0.2, 0.25) is 5.78 Å². The fraction of sp³-hybridized carbons (Fsp3) is 0. The lowest BCUT2D eigenvalue weighted by Crippen LogP contribution is -1.99. The molecule has 0 saturated carbocycles. The predicted molar refractivity (Wildman–Crippen MR) is 114 cm³/mol. The van der Waals surface area contributed by atoms with Gasteiger partial charge >= 0.3 is 5.63 Å². The second-order valence-electron chi connectivity index (χ2n) is 6.94. The van der Waals surface area contributed by atoms with Gasteiger partial charge in [0.25, 0.3) is 5.69 Å². The van der Waals surface area contributed by atoms with Gasteiger partial charge in [-0.3, -0.25) is 14.9 Å². The van der Waals surface area contributed by atoms with Crippen molar-refractivity contribution in [3.8, 4) is 11.1 Å². The Morgan fingerprint density at radius 2 is 1.58 bits per heavy atom. The summed E-state index contributed by atoms with van der Waals surface area (Å²) in [5, 5.41) is 12.0. The molecule has 3 aromatic carbocycles. The standard InChI is InChI=1S/C24H13NO6/c26-22-13-18(14-4-2-1-3-5-14)17-10-11-20-19(24(17)31-22)12-21(30-20)23(27)15-6-8-16(9-7-15)25(28)29/h1-13H. The summed E-state index contributed by atoms with van der Waals surface area (Å²) < 4.78 is 11.2. The van der Waals surface area contributed by atoms with E-state index in [9.17, 15) is 19.7 Å². The molecule has 5 rings (SSSR count). The number of furan rings is 1. The summed E-state index contributed by atoms with van der Waals surface area (Å²) in [5.74, 6) is -0.384. The first-order valence-electron chi connectivity index (χ1n) is 9.36. The van der Waals surface area contributed by atoms with Crippen LogP contribution in [0.2, 0.25) is 0 Å². The van der Waals surface area contributed by atoms with Crippen LogP contribution in [0.4, 0.5) is 5.69 Å². The van der Waals surface area contributed by atoms with E-state index in [0.29, 0.717) is 21.9 Å². The number of hydrogen-bond donors (Lipinski definition) is 0. The molecule has 0 saturated heterocycles. The van der Waals surface area contributed by atoms with Crippen LogP contribution < -0.4 is 5.63 Å². The zero-order chi connectivity index (χ0) is 21.5. The smallest absolute Gasteiger partial charge is 0.336 e. The lowest BCUT2D eigenvalue weighted by atomic mass is 10.0. The number of nitrogens with zero attached hydrogens (tertiary/aromatic N) is 1. The number of rotatable bonds is 4. The molecule has 0 N–H and O–H groups in total. The van der Waals surface area contributed by atoms with E-state index in [1.165, 1.54) is 36.4 Å². The van der Waals surface area contributed by atoms with Gasteiger partial charge in [-0.1, -0.05) is 30.3 Å². The van der Waals surface area contributed by atoms with Gasteiger partial charge < -0.3 is 8.83 Å². The number of nitro groups is 1. The maximum atomic E-state index is 12.8. The Balaban J connectivity index is 1.65. The summed E-state index contributed by atoms with van der Waals surface area (Å²) in [6, 6.07) is 21.2. The van der Waals surface area contributed by atoms with E-state index in [1.807, 2.05) is 30.3 Å². The molecule has 0 unspecified atom stereocenters. The molecule has 7 heteroatoms. The van der Waals surface area contributed by atoms with Crippen molar-refractivity contribution in [2.45, 2.75) is 0 Å². The van der Waals surface area contributed by atoms with Gasteiger partial charge in [0.15, 0.2) is 5.76 Å². The molecule has 0 bridgehead atoms. The van der Waals surface area contributed by atoms with Gasteiger partial charge in [0.1, 0.15) is 11.2 Å². The summed E-state index contributed by atoms with van der Waals surface area (Å²) >= 11 is 0. The molecule has 0 radical (unpaired) electrons. The van der Waals surface area contributed by atoms with Crippen LogP contribution in [0, 0.1) is 10.1 Å². The summed E-state index contributed by atoms with van der Waals surface area (Å²) in [6.45, 7) is 0. The minimum Gasteiger partial charge on any atom is -0.452 e. The maximum absolute atomic E-state index is 12.8. The Bertz CT molecular complexity index is 1530. The van der Waals surface area contributed by atoms with Crippen LogP contribution in [0.5, 0.6) is 0 Å². The highest BCUT2D eigenvalue weighted by atomic mass is 16.6. The largest absolute Gasteiger partial charge is 0.452 e. The van der Waals surface area contributed by atoms with E-state index in [4.69, 9.17) is 8.83 Å². The number of carbonyl (C=O) groups is 1. The van der Waals surface area contributed by atoms with Gasteiger partial charge in [0.05, 0.1) is 10.3 Å². The van der Waals surface area contributed by atoms with Crippen molar-refractivity contribution in [3.05, 3.63) is 111 Å². The second kappa shape index (κ2) is 7.07. The van der Waals surface area contributed by atoms with E-state index in [-0.39, 0.29) is 17.0 Å². The van der Waals surface area contributed by atoms with Crippen LogP contribution in [-0.2, 0) is 0 Å². The number of nitro benzene ring substituents is 1. The monoisotopic (exact) mass is 411 g/mol. The minimum atomic E-state index is -0.534. The summed E-state index contributed by atoms with van der Waals surface area (Å²) in [7, 11) is 0. The normalized spacial score (nSPS) is 11.1. The average Bonchev–Trinajstić information content (AvgIpc) is 3.23. The van der Waals surface area contributed by atoms with Gasteiger partial charge in [0, 0.05) is 29.1 Å². The molecule has 31 heavy (non-hydrogen) atoms. The molecule has 0 spiro atoms. The molecule has 0 atom stereocenters. The quantitative estimate of drug-likeness (QED) is 0.171. The van der Waals surface area contributed by atoms with Crippen LogP contribution in [0.25, 0.3) is 33.1 Å². The van der Waals surface area contributed by atoms with Crippen LogP contribution in [0.1, 0.15) is 16.1 Å². The summed E-state index contributed by atoms with van der Waals surface area (Å²) in [4.78, 5) is 35.4. The van der Waals surface area contributed by atoms with E-state index in [0.717, 1.165) is 11.1 Å². The lowest BCUT2D eigenvalue weighted by molar-refractivity contribution is -0.384. The fourth-order valence-corrected chi connectivity index (χ4v) is 3.58. The number of carbonyl (C=O) groups excluding carboxylic acids is 1. The molecule has 2 heterocycles. The Morgan fingerprint density at radius 1 is 0.839 bits per heavy atom. The van der Waals surface area contributed by atoms with Gasteiger partial charge in [-0.25, -0.2) is 4.79 Å². The van der Waals surface area contributed by atoms with Crippen LogP contribution >= 0.6 is 0 Å². The van der Waals surface area contributed by atoms with Gasteiger partial charge in [-0.05, 0) is 41.5 Å². The number of hydrogen-bond acceptors (Lipinski definition) is 6. The summed E-state index contributed by atoms with van der Waals surface area (Å²) in [5.41, 5.74) is 1.94. The molecular weight excluding hydrogens is 398 g/mol. The predicted octanol–water partition coefficient (Wildman–Crippen LogP) is 5.35. The SMILES string of the molecule is O=C(c1ccc([N+](=O)[O-])cc1)c1cc2c(ccc3c(-c4ccccc4)cc(=O)oc32)o1. The van der Waals surface area contributed by atoms with E-state index in [2.05, 4.69) is 0 Å². The average molecular weight is 411 g/mol. The molecule has 0 aliphatic carbocycles. The van der Waals surface area contributed by atoms with Crippen molar-refractivity contribution in [1.82, 2.24) is 0 Å². The molecular formula is C24H13NO6. The Kier molecular flexibility index (Phi) is 4.22. The van der Waals surface area contributed by atoms with E-state index < -0.39 is 16.3 Å². The minimum absolute atomic E-state index is 0.0455. The Hall–Kier alpha value is -4.52. The number of benzene rings is 3. The van der Waals surface area contributed by atoms with Crippen molar-refractivity contribution >= 4 is 33.4 Å². The van der Waals surface area contributed by atoms with Crippen molar-refractivity contribution in [2.24, 2.45) is 0 Å². The molecule has 0 aliphatic rings. The highest BCUT2D eigenvalue weighted by molar-refractivity contribution is 6.13. The maximum Gasteiger partial charge on any atom is 0.336 e. The Morgan fingerprint density at radius 3 is 2.29 bits per heavy atom. The third kappa shape index (κ3) is 3.18. The van der Waals surface area contributed by atoms with Crippen LogP contribution in [-0.4, -0.2) is 10.7 Å². The number of ketones is 1. The Labute approximate surface area is 174 Å². The zero-order valence-corrected chi connectivity index (χ0v) is 15.9.